The highest BCUT2D eigenvalue weighted by Gasteiger charge is 2.04. The number of nitrogens with one attached hydrogen (secondary N) is 1. The first-order valence-electron chi connectivity index (χ1n) is 8.11. The Morgan fingerprint density at radius 2 is 2.13 bits per heavy atom. The number of nitrogens with zero attached hydrogens (tertiary/aromatic N) is 3. The summed E-state index contributed by atoms with van der Waals surface area (Å²) >= 11 is 0. The molecule has 1 heterocycles. The van der Waals surface area contributed by atoms with E-state index < -0.39 is 0 Å². The van der Waals surface area contributed by atoms with Gasteiger partial charge in [0, 0.05) is 39.1 Å². The smallest absolute Gasteiger partial charge is 0.193 e. The van der Waals surface area contributed by atoms with E-state index >= 15 is 0 Å². The summed E-state index contributed by atoms with van der Waals surface area (Å²) in [6.07, 6.45) is 9.66. The number of hydrogen-bond acceptors (Lipinski definition) is 2. The van der Waals surface area contributed by atoms with Crippen LogP contribution in [-0.4, -0.2) is 43.0 Å². The van der Waals surface area contributed by atoms with E-state index in [4.69, 9.17) is 0 Å². The summed E-state index contributed by atoms with van der Waals surface area (Å²) in [5.41, 5.74) is 2.31. The minimum Gasteiger partial charge on any atom is -0.356 e. The molecule has 1 aromatic rings. The van der Waals surface area contributed by atoms with Gasteiger partial charge in [-0.1, -0.05) is 18.6 Å². The predicted octanol–water partition coefficient (Wildman–Crippen LogP) is 3.80. The summed E-state index contributed by atoms with van der Waals surface area (Å²) in [6.45, 7) is 7.67. The normalized spacial score (nSPS) is 10.8. The molecule has 0 bridgehead atoms. The molecule has 0 unspecified atom stereocenters. The van der Waals surface area contributed by atoms with E-state index in [2.05, 4.69) is 46.0 Å². The van der Waals surface area contributed by atoms with Gasteiger partial charge in [-0.3, -0.25) is 9.98 Å². The molecule has 0 spiro atoms. The SMILES string of the molecule is C=CCCCCCN(C)C(=NC)NCCc1ccc(C)nc1.I. The zero-order valence-electron chi connectivity index (χ0n) is 14.7. The number of aliphatic imine (C=N–C) groups is 1. The van der Waals surface area contributed by atoms with Crippen molar-refractivity contribution in [2.24, 2.45) is 4.99 Å². The molecule has 0 aliphatic heterocycles. The highest BCUT2D eigenvalue weighted by molar-refractivity contribution is 14.0. The molecular formula is C18H31IN4. The topological polar surface area (TPSA) is 40.5 Å². The van der Waals surface area contributed by atoms with Gasteiger partial charge in [0.05, 0.1) is 0 Å². The van der Waals surface area contributed by atoms with Gasteiger partial charge in [0.2, 0.25) is 0 Å². The van der Waals surface area contributed by atoms with Crippen molar-refractivity contribution in [2.45, 2.75) is 39.0 Å². The summed E-state index contributed by atoms with van der Waals surface area (Å²) in [6, 6.07) is 4.19. The lowest BCUT2D eigenvalue weighted by molar-refractivity contribution is 0.455. The van der Waals surface area contributed by atoms with Crippen LogP contribution in [0.5, 0.6) is 0 Å². The molecule has 23 heavy (non-hydrogen) atoms. The maximum Gasteiger partial charge on any atom is 0.193 e. The molecule has 130 valence electrons. The lowest BCUT2D eigenvalue weighted by atomic mass is 10.2. The van der Waals surface area contributed by atoms with Crippen LogP contribution >= 0.6 is 24.0 Å². The molecule has 0 aliphatic carbocycles. The molecule has 0 saturated heterocycles. The number of guanidine groups is 1. The second-order valence-electron chi connectivity index (χ2n) is 5.59. The van der Waals surface area contributed by atoms with E-state index in [-0.39, 0.29) is 24.0 Å². The second kappa shape index (κ2) is 13.3. The molecule has 0 atom stereocenters. The van der Waals surface area contributed by atoms with Crippen molar-refractivity contribution in [3.05, 3.63) is 42.2 Å². The lowest BCUT2D eigenvalue weighted by Gasteiger charge is -2.22. The Labute approximate surface area is 158 Å². The van der Waals surface area contributed by atoms with E-state index in [0.29, 0.717) is 0 Å². The molecule has 0 radical (unpaired) electrons. The highest BCUT2D eigenvalue weighted by atomic mass is 127. The summed E-state index contributed by atoms with van der Waals surface area (Å²) in [7, 11) is 3.93. The van der Waals surface area contributed by atoms with Crippen molar-refractivity contribution >= 4 is 29.9 Å². The van der Waals surface area contributed by atoms with Crippen LogP contribution in [0.3, 0.4) is 0 Å². The van der Waals surface area contributed by atoms with Crippen LogP contribution in [-0.2, 0) is 6.42 Å². The van der Waals surface area contributed by atoms with Gasteiger partial charge in [-0.05, 0) is 44.2 Å². The van der Waals surface area contributed by atoms with Gasteiger partial charge in [-0.2, -0.15) is 0 Å². The number of allylic oxidation sites excluding steroid dienone is 1. The van der Waals surface area contributed by atoms with E-state index in [9.17, 15) is 0 Å². The average molecular weight is 430 g/mol. The van der Waals surface area contributed by atoms with Crippen LogP contribution in [0.1, 0.15) is 36.9 Å². The molecule has 1 rings (SSSR count). The molecule has 0 saturated carbocycles. The molecule has 0 fully saturated rings. The van der Waals surface area contributed by atoms with Gasteiger partial charge in [0.15, 0.2) is 5.96 Å². The zero-order valence-corrected chi connectivity index (χ0v) is 17.0. The predicted molar refractivity (Wildman–Crippen MR) is 111 cm³/mol. The van der Waals surface area contributed by atoms with Crippen LogP contribution in [0, 0.1) is 6.92 Å². The van der Waals surface area contributed by atoms with Gasteiger partial charge >= 0.3 is 0 Å². The monoisotopic (exact) mass is 430 g/mol. The highest BCUT2D eigenvalue weighted by Crippen LogP contribution is 2.02. The largest absolute Gasteiger partial charge is 0.356 e. The fourth-order valence-corrected chi connectivity index (χ4v) is 2.27. The fourth-order valence-electron chi connectivity index (χ4n) is 2.27. The second-order valence-corrected chi connectivity index (χ2v) is 5.59. The van der Waals surface area contributed by atoms with E-state index in [1.807, 2.05) is 26.2 Å². The molecule has 0 aromatic carbocycles. The van der Waals surface area contributed by atoms with Crippen molar-refractivity contribution in [3.8, 4) is 0 Å². The standard InChI is InChI=1S/C18H30N4.HI/c1-5-6-7-8-9-14-22(4)18(19-3)20-13-12-17-11-10-16(2)21-15-17;/h5,10-11,15H,1,6-9,12-14H2,2-4H3,(H,19,20);1H. The van der Waals surface area contributed by atoms with Crippen molar-refractivity contribution in [2.75, 3.05) is 27.2 Å². The Morgan fingerprint density at radius 1 is 1.35 bits per heavy atom. The van der Waals surface area contributed by atoms with E-state index in [0.717, 1.165) is 37.6 Å². The Hall–Kier alpha value is -1.11. The minimum absolute atomic E-state index is 0. The van der Waals surface area contributed by atoms with Crippen LogP contribution in [0.15, 0.2) is 36.0 Å². The number of halogens is 1. The minimum atomic E-state index is 0. The van der Waals surface area contributed by atoms with Crippen molar-refractivity contribution in [3.63, 3.8) is 0 Å². The van der Waals surface area contributed by atoms with Crippen molar-refractivity contribution in [1.29, 1.82) is 0 Å². The number of pyridine rings is 1. The average Bonchev–Trinajstić information content (AvgIpc) is 2.53. The molecule has 1 aromatic heterocycles. The Bertz CT molecular complexity index is 457. The van der Waals surface area contributed by atoms with Crippen LogP contribution in [0.2, 0.25) is 0 Å². The Kier molecular flexibility index (Phi) is 12.7. The molecule has 1 N–H and O–H groups in total. The zero-order chi connectivity index (χ0) is 16.2. The molecular weight excluding hydrogens is 399 g/mol. The molecule has 4 nitrogen and oxygen atoms in total. The van der Waals surface area contributed by atoms with Crippen LogP contribution < -0.4 is 5.32 Å². The van der Waals surface area contributed by atoms with Gasteiger partial charge in [-0.15, -0.1) is 30.6 Å². The van der Waals surface area contributed by atoms with Crippen molar-refractivity contribution in [1.82, 2.24) is 15.2 Å². The maximum atomic E-state index is 4.35. The number of aryl methyl sites for hydroxylation is 1. The van der Waals surface area contributed by atoms with Crippen LogP contribution in [0.25, 0.3) is 0 Å². The molecule has 0 aliphatic rings. The first kappa shape index (κ1) is 21.9. The van der Waals surface area contributed by atoms with Gasteiger partial charge in [-0.25, -0.2) is 0 Å². The third kappa shape index (κ3) is 9.58. The first-order chi connectivity index (χ1) is 10.7. The van der Waals surface area contributed by atoms with Gasteiger partial charge in [0.1, 0.15) is 0 Å². The summed E-state index contributed by atoms with van der Waals surface area (Å²) < 4.78 is 0. The number of unbranched alkanes of at least 4 members (excludes halogenated alkanes) is 3. The van der Waals surface area contributed by atoms with Crippen molar-refractivity contribution < 1.29 is 0 Å². The van der Waals surface area contributed by atoms with Gasteiger partial charge in [0.25, 0.3) is 0 Å². The third-order valence-electron chi connectivity index (χ3n) is 3.64. The number of hydrogen-bond donors (Lipinski definition) is 1. The number of rotatable bonds is 9. The van der Waals surface area contributed by atoms with E-state index in [1.54, 1.807) is 0 Å². The summed E-state index contributed by atoms with van der Waals surface area (Å²) in [5.74, 6) is 0.962. The molecule has 0 amide bonds. The number of aromatic nitrogens is 1. The maximum absolute atomic E-state index is 4.35. The first-order valence-corrected chi connectivity index (χ1v) is 8.11. The third-order valence-corrected chi connectivity index (χ3v) is 3.64. The Balaban J connectivity index is 0.00000484. The summed E-state index contributed by atoms with van der Waals surface area (Å²) in [5, 5.41) is 3.42. The van der Waals surface area contributed by atoms with Gasteiger partial charge < -0.3 is 10.2 Å². The quantitative estimate of drug-likeness (QED) is 0.213. The lowest BCUT2D eigenvalue weighted by Crippen LogP contribution is -2.40. The Morgan fingerprint density at radius 3 is 2.74 bits per heavy atom. The fraction of sp³-hybridized carbons (Fsp3) is 0.556. The summed E-state index contributed by atoms with van der Waals surface area (Å²) in [4.78, 5) is 10.9. The molecule has 5 heteroatoms. The van der Waals surface area contributed by atoms with Crippen LogP contribution in [0.4, 0.5) is 0 Å². The van der Waals surface area contributed by atoms with E-state index in [1.165, 1.54) is 24.8 Å².